The van der Waals surface area contributed by atoms with E-state index in [2.05, 4.69) is 98.8 Å². The molecule has 3 aromatic carbocycles. The molecule has 2 nitrogen and oxygen atoms in total. The Balaban J connectivity index is 1.76. The number of hydrogen-bond acceptors (Lipinski definition) is 3. The van der Waals surface area contributed by atoms with Crippen molar-refractivity contribution in [2.45, 2.75) is 19.9 Å². The normalized spacial score (nSPS) is 16.3. The van der Waals surface area contributed by atoms with E-state index in [0.29, 0.717) is 12.5 Å². The van der Waals surface area contributed by atoms with Gasteiger partial charge in [-0.3, -0.25) is 0 Å². The minimum absolute atomic E-state index is 0.228. The molecular weight excluding hydrogens is 405 g/mol. The van der Waals surface area contributed by atoms with Crippen molar-refractivity contribution in [2.24, 2.45) is 10.9 Å². The van der Waals surface area contributed by atoms with Gasteiger partial charge in [0.15, 0.2) is 0 Å². The first kappa shape index (κ1) is 19.5. The molecule has 0 amide bonds. The number of fused-ring (bicyclic) bond motifs is 1. The first-order chi connectivity index (χ1) is 14.7. The average molecular weight is 430 g/mol. The smallest absolute Gasteiger partial charge is 0.218 e. The molecule has 2 heterocycles. The van der Waals surface area contributed by atoms with Crippen LogP contribution in [0.4, 0.5) is 0 Å². The summed E-state index contributed by atoms with van der Waals surface area (Å²) < 4.78 is 8.87. The van der Waals surface area contributed by atoms with E-state index in [1.54, 1.807) is 0 Å². The Kier molecular flexibility index (Phi) is 5.41. The first-order valence-corrected chi connectivity index (χ1v) is 12.5. The summed E-state index contributed by atoms with van der Waals surface area (Å²) in [5.74, 6) is 1.29. The lowest BCUT2D eigenvalue weighted by Gasteiger charge is -2.19. The zero-order valence-corrected chi connectivity index (χ0v) is 18.9. The summed E-state index contributed by atoms with van der Waals surface area (Å²) >= 11 is 1.89. The Hall–Kier alpha value is -2.48. The highest BCUT2D eigenvalue weighted by Gasteiger charge is 2.31. The van der Waals surface area contributed by atoms with E-state index in [0.717, 1.165) is 5.90 Å². The number of aliphatic imine (C=N–C) groups is 1. The highest BCUT2D eigenvalue weighted by molar-refractivity contribution is 7.84. The van der Waals surface area contributed by atoms with Crippen LogP contribution in [-0.4, -0.2) is 18.5 Å². The Bertz CT molecular complexity index is 1140. The van der Waals surface area contributed by atoms with E-state index in [9.17, 15) is 0 Å². The van der Waals surface area contributed by atoms with Gasteiger partial charge in [-0.2, -0.15) is 0 Å². The van der Waals surface area contributed by atoms with Crippen LogP contribution >= 0.6 is 19.3 Å². The fraction of sp³-hybridized carbons (Fsp3) is 0.192. The van der Waals surface area contributed by atoms with Gasteiger partial charge in [0.05, 0.1) is 16.2 Å². The van der Waals surface area contributed by atoms with Crippen LogP contribution in [0.25, 0.3) is 10.1 Å². The zero-order valence-electron chi connectivity index (χ0n) is 17.2. The van der Waals surface area contributed by atoms with E-state index in [4.69, 9.17) is 9.73 Å². The molecule has 0 aliphatic carbocycles. The average Bonchev–Trinajstić information content (AvgIpc) is 3.40. The summed E-state index contributed by atoms with van der Waals surface area (Å²) in [5.41, 5.74) is 1.19. The lowest BCUT2D eigenvalue weighted by molar-refractivity contribution is 0.292. The Morgan fingerprint density at radius 2 is 1.47 bits per heavy atom. The minimum atomic E-state index is -0.702. The predicted octanol–water partition coefficient (Wildman–Crippen LogP) is 5.46. The summed E-state index contributed by atoms with van der Waals surface area (Å²) in [4.78, 5) is 5.02. The largest absolute Gasteiger partial charge is 0.475 e. The van der Waals surface area contributed by atoms with E-state index in [-0.39, 0.29) is 6.04 Å². The van der Waals surface area contributed by atoms with Crippen LogP contribution in [0.1, 0.15) is 19.4 Å². The fourth-order valence-electron chi connectivity index (χ4n) is 3.80. The van der Waals surface area contributed by atoms with Crippen LogP contribution in [0, 0.1) is 5.92 Å². The summed E-state index contributed by atoms with van der Waals surface area (Å²) in [6.45, 7) is 5.10. The number of ether oxygens (including phenoxy) is 1. The van der Waals surface area contributed by atoms with Crippen LogP contribution in [0.5, 0.6) is 0 Å². The van der Waals surface area contributed by atoms with Gasteiger partial charge in [-0.25, -0.2) is 4.99 Å². The topological polar surface area (TPSA) is 21.6 Å². The SMILES string of the molecule is CC(C)[C@@H]1COC(c2c(P(c3ccccc3)c3ccccc3)sc3ccccc23)=N1. The molecule has 0 fully saturated rings. The molecule has 150 valence electrons. The second-order valence-corrected chi connectivity index (χ2v) is 11.3. The highest BCUT2D eigenvalue weighted by Crippen LogP contribution is 2.41. The van der Waals surface area contributed by atoms with Gasteiger partial charge < -0.3 is 4.74 Å². The molecule has 1 aliphatic heterocycles. The second kappa shape index (κ2) is 8.34. The third-order valence-corrected chi connectivity index (χ3v) is 9.52. The molecule has 1 aliphatic rings. The molecule has 0 N–H and O–H groups in total. The molecule has 1 atom stereocenters. The number of benzene rings is 3. The van der Waals surface area contributed by atoms with Crippen LogP contribution in [-0.2, 0) is 4.74 Å². The van der Waals surface area contributed by atoms with E-state index >= 15 is 0 Å². The molecule has 0 saturated heterocycles. The molecule has 0 saturated carbocycles. The predicted molar refractivity (Wildman–Crippen MR) is 132 cm³/mol. The zero-order chi connectivity index (χ0) is 20.5. The highest BCUT2D eigenvalue weighted by atomic mass is 32.1. The van der Waals surface area contributed by atoms with Gasteiger partial charge >= 0.3 is 0 Å². The molecule has 5 rings (SSSR count). The van der Waals surface area contributed by atoms with Gasteiger partial charge in [0.1, 0.15) is 6.61 Å². The molecule has 4 heteroatoms. The van der Waals surface area contributed by atoms with Crippen molar-refractivity contribution in [1.82, 2.24) is 0 Å². The quantitative estimate of drug-likeness (QED) is 0.386. The number of hydrogen-bond donors (Lipinski definition) is 0. The third kappa shape index (κ3) is 3.57. The van der Waals surface area contributed by atoms with Gasteiger partial charge in [-0.05, 0) is 30.5 Å². The van der Waals surface area contributed by atoms with Gasteiger partial charge in [0.25, 0.3) is 0 Å². The molecule has 4 aromatic rings. The number of nitrogens with zero attached hydrogens (tertiary/aromatic N) is 1. The molecule has 0 radical (unpaired) electrons. The lowest BCUT2D eigenvalue weighted by atomic mass is 10.1. The van der Waals surface area contributed by atoms with Crippen molar-refractivity contribution in [3.8, 4) is 0 Å². The molecular formula is C26H24NOPS. The maximum Gasteiger partial charge on any atom is 0.218 e. The molecule has 0 unspecified atom stereocenters. The first-order valence-electron chi connectivity index (χ1n) is 10.3. The van der Waals surface area contributed by atoms with E-state index < -0.39 is 7.92 Å². The summed E-state index contributed by atoms with van der Waals surface area (Å²) in [6.07, 6.45) is 0. The van der Waals surface area contributed by atoms with Crippen LogP contribution in [0.3, 0.4) is 0 Å². The maximum atomic E-state index is 6.21. The van der Waals surface area contributed by atoms with Crippen molar-refractivity contribution in [2.75, 3.05) is 6.61 Å². The van der Waals surface area contributed by atoms with Crippen molar-refractivity contribution in [3.63, 3.8) is 0 Å². The standard InChI is InChI=1S/C26H24NOPS/c1-18(2)22-17-28-25(27-22)24-21-15-9-10-16-23(21)30-26(24)29(19-11-5-3-6-12-19)20-13-7-4-8-14-20/h3-16,18,22H,17H2,1-2H3/t22-/m0/s1. The number of thiophene rings is 1. The summed E-state index contributed by atoms with van der Waals surface area (Å²) in [6, 6.07) is 30.6. The van der Waals surface area contributed by atoms with Crippen LogP contribution in [0.2, 0.25) is 0 Å². The molecule has 0 spiro atoms. The summed E-state index contributed by atoms with van der Waals surface area (Å²) in [7, 11) is -0.702. The fourth-order valence-corrected chi connectivity index (χ4v) is 8.18. The molecule has 1 aromatic heterocycles. The minimum Gasteiger partial charge on any atom is -0.475 e. The second-order valence-electron chi connectivity index (χ2n) is 7.84. The Morgan fingerprint density at radius 3 is 2.07 bits per heavy atom. The Morgan fingerprint density at radius 1 is 0.867 bits per heavy atom. The lowest BCUT2D eigenvalue weighted by Crippen LogP contribution is -2.23. The monoisotopic (exact) mass is 429 g/mol. The van der Waals surface area contributed by atoms with Crippen molar-refractivity contribution >= 4 is 50.5 Å². The molecule has 0 bridgehead atoms. The molecule has 30 heavy (non-hydrogen) atoms. The van der Waals surface area contributed by atoms with E-state index in [1.165, 1.54) is 30.9 Å². The van der Waals surface area contributed by atoms with E-state index in [1.807, 2.05) is 11.3 Å². The summed E-state index contributed by atoms with van der Waals surface area (Å²) in [5, 5.41) is 3.95. The maximum absolute atomic E-state index is 6.21. The van der Waals surface area contributed by atoms with Crippen molar-refractivity contribution < 1.29 is 4.74 Å². The van der Waals surface area contributed by atoms with Gasteiger partial charge in [-0.1, -0.05) is 92.7 Å². The van der Waals surface area contributed by atoms with Gasteiger partial charge in [0.2, 0.25) is 5.90 Å². The van der Waals surface area contributed by atoms with Crippen molar-refractivity contribution in [1.29, 1.82) is 0 Å². The van der Waals surface area contributed by atoms with Crippen LogP contribution < -0.4 is 15.2 Å². The Labute approximate surface area is 183 Å². The third-order valence-electron chi connectivity index (χ3n) is 5.47. The van der Waals surface area contributed by atoms with Gasteiger partial charge in [-0.15, -0.1) is 11.3 Å². The van der Waals surface area contributed by atoms with Crippen molar-refractivity contribution in [3.05, 3.63) is 90.5 Å². The number of rotatable bonds is 5. The van der Waals surface area contributed by atoms with Crippen LogP contribution in [0.15, 0.2) is 89.9 Å². The van der Waals surface area contributed by atoms with Gasteiger partial charge in [0, 0.05) is 10.1 Å².